The molecular weight excluding hydrogens is 730 g/mol. The molecule has 56 heavy (non-hydrogen) atoms. The van der Waals surface area contributed by atoms with Gasteiger partial charge in [-0.25, -0.2) is 0 Å². The second kappa shape index (κ2) is 25.0. The third-order valence-electron chi connectivity index (χ3n) is 8.56. The zero-order valence-electron chi connectivity index (χ0n) is 35.1. The highest BCUT2D eigenvalue weighted by Gasteiger charge is 2.35. The van der Waals surface area contributed by atoms with Crippen LogP contribution in [-0.4, -0.2) is 118 Å². The number of aliphatic carboxylic acids is 1. The molecule has 0 aliphatic rings. The summed E-state index contributed by atoms with van der Waals surface area (Å²) in [7, 11) is 0. The zero-order chi connectivity index (χ0) is 43.6. The number of hydrogen-bond acceptors (Lipinski definition) is 10. The molecule has 18 nitrogen and oxygen atoms in total. The second-order valence-corrected chi connectivity index (χ2v) is 16.5. The van der Waals surface area contributed by atoms with E-state index in [9.17, 15) is 48.6 Å². The first kappa shape index (κ1) is 51.7. The minimum absolute atomic E-state index is 0.0516. The van der Waals surface area contributed by atoms with Gasteiger partial charge in [-0.15, -0.1) is 0 Å². The molecular formula is C38H69N7O11. The summed E-state index contributed by atoms with van der Waals surface area (Å²) in [5.74, 6) is -7.13. The molecule has 0 saturated heterocycles. The monoisotopic (exact) mass is 800 g/mol. The van der Waals surface area contributed by atoms with Crippen molar-refractivity contribution in [1.29, 1.82) is 0 Å². The lowest BCUT2D eigenvalue weighted by atomic mass is 9.97. The van der Waals surface area contributed by atoms with E-state index >= 15 is 0 Å². The quantitative estimate of drug-likeness (QED) is 0.0572. The van der Waals surface area contributed by atoms with Gasteiger partial charge in [0.25, 0.3) is 5.91 Å². The first-order valence-electron chi connectivity index (χ1n) is 19.4. The van der Waals surface area contributed by atoms with Gasteiger partial charge in [0.15, 0.2) is 6.10 Å². The molecule has 0 rings (SSSR count). The van der Waals surface area contributed by atoms with E-state index in [-0.39, 0.29) is 49.4 Å². The summed E-state index contributed by atoms with van der Waals surface area (Å²) in [5.41, 5.74) is 0. The van der Waals surface area contributed by atoms with Gasteiger partial charge in [-0.05, 0) is 69.1 Å². The molecule has 0 aliphatic heterocycles. The van der Waals surface area contributed by atoms with E-state index in [2.05, 4.69) is 37.2 Å². The molecule has 18 heteroatoms. The van der Waals surface area contributed by atoms with Crippen molar-refractivity contribution < 1.29 is 53.7 Å². The number of rotatable bonds is 25. The zero-order valence-corrected chi connectivity index (χ0v) is 35.1. The van der Waals surface area contributed by atoms with Gasteiger partial charge in [0.2, 0.25) is 35.4 Å². The Labute approximate surface area is 331 Å². The summed E-state index contributed by atoms with van der Waals surface area (Å²) in [6.45, 7) is 19.8. The molecule has 0 aromatic rings. The number of carbonyl (C=O) groups is 8. The standard InChI is InChI=1S/C38H69N7O11/c1-18(2)13-25(43-36(53)29(47)17-46)32(49)39-23(11)31(48)41-27(15-20(5)6)34(51)42-28(16-21(7)8)35(52)45-30(22(9)10)37(54)44-26(14-19(3)4)33(50)40-24(12)38(55)56/h18-30,46-47H,13-17H2,1-12H3,(H,39,49)(H,40,50)(H,41,48)(H,42,51)(H,43,53)(H,44,54)(H,45,52)(H,55,56). The molecule has 7 amide bonds. The van der Waals surface area contributed by atoms with Crippen LogP contribution in [0.4, 0.5) is 0 Å². The van der Waals surface area contributed by atoms with Gasteiger partial charge in [0, 0.05) is 0 Å². The fraction of sp³-hybridized carbons (Fsp3) is 0.789. The molecule has 0 aromatic heterocycles. The Morgan fingerprint density at radius 3 is 1.05 bits per heavy atom. The number of carboxylic acid groups (broad SMARTS) is 1. The maximum absolute atomic E-state index is 13.8. The smallest absolute Gasteiger partial charge is 0.325 e. The third kappa shape index (κ3) is 19.5. The lowest BCUT2D eigenvalue weighted by Crippen LogP contribution is -2.60. The number of amides is 7. The molecule has 0 saturated carbocycles. The van der Waals surface area contributed by atoms with E-state index in [1.807, 2.05) is 55.4 Å². The van der Waals surface area contributed by atoms with Gasteiger partial charge in [-0.2, -0.15) is 0 Å². The molecule has 0 heterocycles. The van der Waals surface area contributed by atoms with Crippen LogP contribution in [0, 0.1) is 29.6 Å². The lowest BCUT2D eigenvalue weighted by molar-refractivity contribution is -0.142. The number of aliphatic hydroxyl groups is 2. The lowest BCUT2D eigenvalue weighted by Gasteiger charge is -2.29. The SMILES string of the molecule is CC(C)CC(NC(=O)C(O)CO)C(=O)NC(C)C(=O)NC(CC(C)C)C(=O)NC(CC(C)C)C(=O)NC(C(=O)NC(CC(C)C)C(=O)NC(C)C(=O)O)C(C)C. The topological polar surface area (TPSA) is 281 Å². The number of aliphatic hydroxyl groups excluding tert-OH is 2. The summed E-state index contributed by atoms with van der Waals surface area (Å²) in [5, 5.41) is 46.0. The highest BCUT2D eigenvalue weighted by atomic mass is 16.4. The minimum atomic E-state index is -1.74. The maximum atomic E-state index is 13.8. The van der Waals surface area contributed by atoms with Gasteiger partial charge >= 0.3 is 5.97 Å². The van der Waals surface area contributed by atoms with Crippen LogP contribution in [0.3, 0.4) is 0 Å². The summed E-state index contributed by atoms with van der Waals surface area (Å²) in [4.78, 5) is 104. The van der Waals surface area contributed by atoms with Gasteiger partial charge in [0.1, 0.15) is 42.3 Å². The number of carbonyl (C=O) groups excluding carboxylic acids is 7. The Balaban J connectivity index is 6.10. The summed E-state index contributed by atoms with van der Waals surface area (Å²) >= 11 is 0. The second-order valence-electron chi connectivity index (χ2n) is 16.5. The van der Waals surface area contributed by atoms with Crippen LogP contribution >= 0.6 is 0 Å². The average Bonchev–Trinajstić information content (AvgIpc) is 3.07. The first-order valence-corrected chi connectivity index (χ1v) is 19.4. The largest absolute Gasteiger partial charge is 0.480 e. The number of hydrogen-bond donors (Lipinski definition) is 10. The van der Waals surface area contributed by atoms with Crippen molar-refractivity contribution in [3.63, 3.8) is 0 Å². The maximum Gasteiger partial charge on any atom is 0.325 e. The summed E-state index contributed by atoms with van der Waals surface area (Å²) in [6, 6.07) is -7.99. The average molecular weight is 800 g/mol. The van der Waals surface area contributed by atoms with E-state index in [4.69, 9.17) is 5.11 Å². The molecule has 0 spiro atoms. The molecule has 0 bridgehead atoms. The van der Waals surface area contributed by atoms with Crippen LogP contribution in [0.1, 0.15) is 109 Å². The Morgan fingerprint density at radius 1 is 0.411 bits per heavy atom. The molecule has 8 atom stereocenters. The molecule has 0 radical (unpaired) electrons. The molecule has 322 valence electrons. The molecule has 0 fully saturated rings. The number of carboxylic acids is 1. The molecule has 0 aliphatic carbocycles. The summed E-state index contributed by atoms with van der Waals surface area (Å²) in [6.07, 6.45) is -1.04. The van der Waals surface area contributed by atoms with Crippen LogP contribution in [0.5, 0.6) is 0 Å². The predicted molar refractivity (Wildman–Crippen MR) is 208 cm³/mol. The Bertz CT molecular complexity index is 1340. The normalized spacial score (nSPS) is 15.8. The van der Waals surface area contributed by atoms with Crippen LogP contribution in [-0.2, 0) is 38.4 Å². The van der Waals surface area contributed by atoms with Crippen molar-refractivity contribution in [2.75, 3.05) is 6.61 Å². The van der Waals surface area contributed by atoms with E-state index in [1.54, 1.807) is 13.8 Å². The van der Waals surface area contributed by atoms with E-state index < -0.39 is 108 Å². The van der Waals surface area contributed by atoms with Crippen molar-refractivity contribution in [1.82, 2.24) is 37.2 Å². The highest BCUT2D eigenvalue weighted by Crippen LogP contribution is 2.13. The van der Waals surface area contributed by atoms with Gasteiger partial charge in [-0.3, -0.25) is 38.4 Å². The van der Waals surface area contributed by atoms with Crippen molar-refractivity contribution in [2.24, 2.45) is 29.6 Å². The Morgan fingerprint density at radius 2 is 0.714 bits per heavy atom. The molecule has 8 unspecified atom stereocenters. The number of nitrogens with one attached hydrogen (secondary N) is 7. The van der Waals surface area contributed by atoms with Crippen molar-refractivity contribution in [3.8, 4) is 0 Å². The van der Waals surface area contributed by atoms with E-state index in [0.717, 1.165) is 0 Å². The van der Waals surface area contributed by atoms with Crippen molar-refractivity contribution in [3.05, 3.63) is 0 Å². The predicted octanol–water partition coefficient (Wildman–Crippen LogP) is -0.302. The molecule has 0 aromatic carbocycles. The highest BCUT2D eigenvalue weighted by molar-refractivity contribution is 5.97. The Hall–Kier alpha value is -4.32. The van der Waals surface area contributed by atoms with Crippen LogP contribution in [0.2, 0.25) is 0 Å². The van der Waals surface area contributed by atoms with Gasteiger partial charge < -0.3 is 52.5 Å². The van der Waals surface area contributed by atoms with Crippen LogP contribution in [0.25, 0.3) is 0 Å². The summed E-state index contributed by atoms with van der Waals surface area (Å²) < 4.78 is 0. The van der Waals surface area contributed by atoms with Crippen molar-refractivity contribution >= 4 is 47.3 Å². The molecule has 10 N–H and O–H groups in total. The van der Waals surface area contributed by atoms with Gasteiger partial charge in [0.05, 0.1) is 6.61 Å². The van der Waals surface area contributed by atoms with E-state index in [1.165, 1.54) is 13.8 Å². The fourth-order valence-corrected chi connectivity index (χ4v) is 5.54. The first-order chi connectivity index (χ1) is 25.8. The van der Waals surface area contributed by atoms with Crippen LogP contribution in [0.15, 0.2) is 0 Å². The van der Waals surface area contributed by atoms with E-state index in [0.29, 0.717) is 0 Å². The van der Waals surface area contributed by atoms with Gasteiger partial charge in [-0.1, -0.05) is 69.2 Å². The van der Waals surface area contributed by atoms with Crippen LogP contribution < -0.4 is 37.2 Å². The Kier molecular flexibility index (Phi) is 23.1. The third-order valence-corrected chi connectivity index (χ3v) is 8.56. The van der Waals surface area contributed by atoms with Crippen molar-refractivity contribution in [2.45, 2.75) is 157 Å². The minimum Gasteiger partial charge on any atom is -0.480 e. The fourth-order valence-electron chi connectivity index (χ4n) is 5.54.